The average molecular weight is 807 g/mol. The van der Waals surface area contributed by atoms with Crippen LogP contribution >= 0.6 is 0 Å². The minimum atomic E-state index is -0.401. The van der Waals surface area contributed by atoms with Crippen LogP contribution in [-0.2, 0) is 9.47 Å². The van der Waals surface area contributed by atoms with Gasteiger partial charge in [0.1, 0.15) is 52.9 Å². The molecule has 4 aromatic heterocycles. The van der Waals surface area contributed by atoms with Crippen LogP contribution < -0.4 is 15.1 Å². The topological polar surface area (TPSA) is 176 Å². The summed E-state index contributed by atoms with van der Waals surface area (Å²) in [6, 6.07) is 38.2. The van der Waals surface area contributed by atoms with Gasteiger partial charge in [0, 0.05) is 61.3 Å². The van der Waals surface area contributed by atoms with E-state index >= 15 is 0 Å². The first-order valence-electron chi connectivity index (χ1n) is 19.8. The minimum absolute atomic E-state index is 0.325. The second-order valence-electron chi connectivity index (χ2n) is 14.3. The smallest absolute Gasteiger partial charge is 0.336 e. The molecule has 2 aliphatic heterocycles. The number of nitrogens with one attached hydrogen (secondary N) is 2. The Labute approximate surface area is 345 Å². The molecule has 14 nitrogen and oxygen atoms in total. The third-order valence-electron chi connectivity index (χ3n) is 10.5. The van der Waals surface area contributed by atoms with Crippen molar-refractivity contribution < 1.29 is 23.4 Å². The van der Waals surface area contributed by atoms with E-state index in [0.29, 0.717) is 103 Å². The largest absolute Gasteiger partial charge is 0.491 e. The number of H-pyrrole nitrogens is 2. The number of aromatic amines is 2. The van der Waals surface area contributed by atoms with Crippen molar-refractivity contribution in [3.8, 4) is 57.1 Å². The molecule has 0 atom stereocenters. The summed E-state index contributed by atoms with van der Waals surface area (Å²) >= 11 is 0. The fourth-order valence-corrected chi connectivity index (χ4v) is 7.60. The summed E-state index contributed by atoms with van der Waals surface area (Å²) in [6.45, 7) is 2.19. The maximum Gasteiger partial charge on any atom is 0.336 e. The van der Waals surface area contributed by atoms with Crippen molar-refractivity contribution in [2.75, 3.05) is 39.6 Å². The average Bonchev–Trinajstić information content (AvgIpc) is 4.02. The zero-order valence-electron chi connectivity index (χ0n) is 32.4. The minimum Gasteiger partial charge on any atom is -0.491 e. The Balaban J connectivity index is 0.858. The van der Waals surface area contributed by atoms with E-state index in [9.17, 15) is 4.79 Å². The van der Waals surface area contributed by atoms with Gasteiger partial charge in [-0.25, -0.2) is 34.7 Å². The van der Waals surface area contributed by atoms with Gasteiger partial charge < -0.3 is 33.3 Å². The molecule has 9 aromatic rings. The van der Waals surface area contributed by atoms with E-state index < -0.39 is 5.63 Å². The number of aromatic nitrogens is 8. The Morgan fingerprint density at radius 1 is 0.426 bits per heavy atom. The van der Waals surface area contributed by atoms with E-state index in [4.69, 9.17) is 53.3 Å². The lowest BCUT2D eigenvalue weighted by molar-refractivity contribution is 0.0274. The molecule has 0 unspecified atom stereocenters. The molecule has 0 amide bonds. The first kappa shape index (κ1) is 36.3. The summed E-state index contributed by atoms with van der Waals surface area (Å²) in [4.78, 5) is 48.8. The van der Waals surface area contributed by atoms with Gasteiger partial charge in [-0.05, 0) is 36.4 Å². The predicted molar refractivity (Wildman–Crippen MR) is 231 cm³/mol. The molecule has 2 aliphatic rings. The van der Waals surface area contributed by atoms with Crippen LogP contribution in [0, 0.1) is 0 Å². The Bertz CT molecular complexity index is 3390. The lowest BCUT2D eigenvalue weighted by Gasteiger charge is -2.09. The monoisotopic (exact) mass is 806 g/mol. The lowest BCUT2D eigenvalue weighted by Crippen LogP contribution is -2.13. The Hall–Kier alpha value is -7.81. The summed E-state index contributed by atoms with van der Waals surface area (Å²) in [5.74, 6) is 3.39. The molecule has 8 bridgehead atoms. The van der Waals surface area contributed by atoms with Gasteiger partial charge in [-0.3, -0.25) is 0 Å². The fraction of sp³-hybridized carbons (Fsp3) is 0.128. The number of ether oxygens (including phenoxy) is 4. The third-order valence-corrected chi connectivity index (χ3v) is 10.5. The number of hydrogen-bond acceptors (Lipinski definition) is 12. The van der Waals surface area contributed by atoms with Crippen molar-refractivity contribution in [2.24, 2.45) is 0 Å². The first-order valence-corrected chi connectivity index (χ1v) is 19.8. The lowest BCUT2D eigenvalue weighted by atomic mass is 10.1. The van der Waals surface area contributed by atoms with Crippen LogP contribution in [-0.4, -0.2) is 79.5 Å². The summed E-state index contributed by atoms with van der Waals surface area (Å²) < 4.78 is 28.6. The highest BCUT2D eigenvalue weighted by Crippen LogP contribution is 2.37. The van der Waals surface area contributed by atoms with Crippen molar-refractivity contribution >= 4 is 55.1 Å². The van der Waals surface area contributed by atoms with Crippen LogP contribution in [0.15, 0.2) is 131 Å². The maximum atomic E-state index is 11.5. The highest BCUT2D eigenvalue weighted by molar-refractivity contribution is 6.06. The molecule has 2 N–H and O–H groups in total. The summed E-state index contributed by atoms with van der Waals surface area (Å²) in [5, 5.41) is 4.31. The van der Waals surface area contributed by atoms with Gasteiger partial charge in [-0.1, -0.05) is 72.8 Å². The summed E-state index contributed by atoms with van der Waals surface area (Å²) in [7, 11) is 0. The molecule has 14 heteroatoms. The second kappa shape index (κ2) is 15.4. The van der Waals surface area contributed by atoms with Crippen LogP contribution in [0.5, 0.6) is 11.5 Å². The van der Waals surface area contributed by atoms with Crippen molar-refractivity contribution in [3.63, 3.8) is 0 Å². The maximum absolute atomic E-state index is 11.5. The van der Waals surface area contributed by atoms with Crippen molar-refractivity contribution in [2.45, 2.75) is 0 Å². The predicted octanol–water partition coefficient (Wildman–Crippen LogP) is 8.47. The van der Waals surface area contributed by atoms with Crippen LogP contribution in [0.1, 0.15) is 0 Å². The number of nitrogens with zero attached hydrogens (tertiary/aromatic N) is 6. The van der Waals surface area contributed by atoms with E-state index in [1.807, 2.05) is 103 Å². The molecule has 0 aliphatic carbocycles. The van der Waals surface area contributed by atoms with Crippen molar-refractivity contribution in [1.29, 1.82) is 0 Å². The Morgan fingerprint density at radius 2 is 0.852 bits per heavy atom. The fourth-order valence-electron chi connectivity index (χ4n) is 7.60. The molecule has 61 heavy (non-hydrogen) atoms. The van der Waals surface area contributed by atoms with E-state index in [1.54, 1.807) is 12.1 Å². The molecular weight excluding hydrogens is 773 g/mol. The van der Waals surface area contributed by atoms with Crippen molar-refractivity contribution in [1.82, 2.24) is 39.9 Å². The molecule has 0 fully saturated rings. The first-order chi connectivity index (χ1) is 30.1. The standard InChI is InChI=1S/C47H34N8O6/c56-39-18-14-27-13-15-29(26-38(27)61-39)60-24-22-58-20-19-57-21-23-59-28-16-17-36-37(25-28)47-54-45-35-12-6-5-11-34(35)43(52-45)50-41-31-8-2-1-7-30(31)40(48-41)49-42-32-9-3-4-10-33(32)44(51-42)53-46(36)55-47/h1-18,25-26H,19-24H2,(H2,48,49,50,51,52,53,54,55). The van der Waals surface area contributed by atoms with Crippen LogP contribution in [0.25, 0.3) is 101 Å². The molecule has 0 radical (unpaired) electrons. The highest BCUT2D eigenvalue weighted by atomic mass is 16.6. The van der Waals surface area contributed by atoms with E-state index in [1.165, 1.54) is 6.07 Å². The van der Waals surface area contributed by atoms with Crippen LogP contribution in [0.4, 0.5) is 0 Å². The SMILES string of the molecule is O=c1ccc2ccc(OCCOCCOCCOc3ccc4c5nc6nc(nc7[nH]c(nc8nc(nc([nH]5)c4c3)-c3ccccc3-8)c3ccccc73)-c3ccccc3-6)cc2o1. The zero-order valence-corrected chi connectivity index (χ0v) is 32.4. The molecule has 0 spiro atoms. The Kier molecular flexibility index (Phi) is 9.17. The number of benzene rings is 5. The van der Waals surface area contributed by atoms with Gasteiger partial charge in [0.15, 0.2) is 23.3 Å². The number of hydrogen-bond donors (Lipinski definition) is 2. The molecule has 298 valence electrons. The van der Waals surface area contributed by atoms with E-state index in [2.05, 4.69) is 9.97 Å². The van der Waals surface area contributed by atoms with Gasteiger partial charge in [0.05, 0.1) is 26.4 Å². The van der Waals surface area contributed by atoms with Crippen molar-refractivity contribution in [3.05, 3.63) is 132 Å². The van der Waals surface area contributed by atoms with Crippen LogP contribution in [0.3, 0.4) is 0 Å². The van der Waals surface area contributed by atoms with Gasteiger partial charge in [0.25, 0.3) is 0 Å². The molecule has 5 aromatic carbocycles. The van der Waals surface area contributed by atoms with Gasteiger partial charge in [0.2, 0.25) is 0 Å². The molecular formula is C47H34N8O6. The van der Waals surface area contributed by atoms with Gasteiger partial charge >= 0.3 is 5.63 Å². The molecule has 0 saturated carbocycles. The van der Waals surface area contributed by atoms with Gasteiger partial charge in [-0.15, -0.1) is 0 Å². The van der Waals surface area contributed by atoms with E-state index in [-0.39, 0.29) is 0 Å². The summed E-state index contributed by atoms with van der Waals surface area (Å²) in [5.41, 5.74) is 6.02. The van der Waals surface area contributed by atoms with Crippen LogP contribution in [0.2, 0.25) is 0 Å². The number of fused-ring (bicyclic) bond motifs is 21. The molecule has 6 heterocycles. The highest BCUT2D eigenvalue weighted by Gasteiger charge is 2.22. The molecule has 0 saturated heterocycles. The molecule has 11 rings (SSSR count). The van der Waals surface area contributed by atoms with E-state index in [0.717, 1.165) is 49.2 Å². The zero-order chi connectivity index (χ0) is 40.7. The quantitative estimate of drug-likeness (QED) is 0.0943. The summed E-state index contributed by atoms with van der Waals surface area (Å²) in [6.07, 6.45) is 0. The third kappa shape index (κ3) is 6.99. The normalized spacial score (nSPS) is 11.9. The Morgan fingerprint density at radius 3 is 1.39 bits per heavy atom. The second-order valence-corrected chi connectivity index (χ2v) is 14.3. The van der Waals surface area contributed by atoms with Gasteiger partial charge in [-0.2, -0.15) is 0 Å². The number of rotatable bonds is 11.